The molecule has 0 amide bonds. The fraction of sp³-hybridized carbons (Fsp3) is 0.261. The Bertz CT molecular complexity index is 1380. The molecule has 4 rings (SSSR count). The van der Waals surface area contributed by atoms with E-state index in [-0.39, 0.29) is 22.7 Å². The first-order chi connectivity index (χ1) is 15.1. The third-order valence-corrected chi connectivity index (χ3v) is 6.82. The number of methoxy groups -OCH3 is 1. The van der Waals surface area contributed by atoms with Crippen LogP contribution in [0.15, 0.2) is 52.3 Å². The van der Waals surface area contributed by atoms with Crippen LogP contribution in [0, 0.1) is 11.6 Å². The van der Waals surface area contributed by atoms with Gasteiger partial charge in [0.2, 0.25) is 0 Å². The summed E-state index contributed by atoms with van der Waals surface area (Å²) in [6, 6.07) is 7.95. The summed E-state index contributed by atoms with van der Waals surface area (Å²) < 4.78 is 59.1. The summed E-state index contributed by atoms with van der Waals surface area (Å²) in [5.74, 6) is -0.903. The van der Waals surface area contributed by atoms with Crippen LogP contribution in [-0.2, 0) is 29.9 Å². The SMILES string of the molecule is COc1ccc(S(C)(=O)=O)cc1-c1cn(C)c(=O)c2c1CN(c1ccc(F)cc1F)CC2. The number of hydrogen-bond acceptors (Lipinski definition) is 5. The third-order valence-electron chi connectivity index (χ3n) is 5.71. The maximum atomic E-state index is 14.4. The van der Waals surface area contributed by atoms with Gasteiger partial charge in [-0.25, -0.2) is 17.2 Å². The quantitative estimate of drug-likeness (QED) is 0.598. The molecule has 1 aliphatic rings. The second-order valence-corrected chi connectivity index (χ2v) is 9.83. The monoisotopic (exact) mass is 460 g/mol. The molecule has 32 heavy (non-hydrogen) atoms. The summed E-state index contributed by atoms with van der Waals surface area (Å²) in [5.41, 5.74) is 2.45. The number of aryl methyl sites for hydroxylation is 1. The maximum absolute atomic E-state index is 14.4. The van der Waals surface area contributed by atoms with Crippen molar-refractivity contribution in [2.75, 3.05) is 24.8 Å². The molecule has 0 radical (unpaired) electrons. The Kier molecular flexibility index (Phi) is 5.54. The first kappa shape index (κ1) is 22.0. The van der Waals surface area contributed by atoms with E-state index in [1.807, 2.05) is 0 Å². The molecule has 2 aromatic carbocycles. The lowest BCUT2D eigenvalue weighted by molar-refractivity contribution is 0.416. The number of sulfone groups is 1. The van der Waals surface area contributed by atoms with E-state index in [0.717, 1.165) is 12.3 Å². The summed E-state index contributed by atoms with van der Waals surface area (Å²) >= 11 is 0. The minimum atomic E-state index is -3.48. The van der Waals surface area contributed by atoms with Crippen molar-refractivity contribution in [1.29, 1.82) is 0 Å². The van der Waals surface area contributed by atoms with Gasteiger partial charge in [-0.2, -0.15) is 0 Å². The number of fused-ring (bicyclic) bond motifs is 1. The summed E-state index contributed by atoms with van der Waals surface area (Å²) in [6.07, 6.45) is 3.12. The van der Waals surface area contributed by atoms with E-state index in [2.05, 4.69) is 0 Å². The smallest absolute Gasteiger partial charge is 0.253 e. The number of halogens is 2. The molecule has 0 fully saturated rings. The van der Waals surface area contributed by atoms with Gasteiger partial charge in [-0.3, -0.25) is 4.79 Å². The first-order valence-corrected chi connectivity index (χ1v) is 11.8. The van der Waals surface area contributed by atoms with E-state index in [4.69, 9.17) is 4.74 Å². The van der Waals surface area contributed by atoms with E-state index in [9.17, 15) is 22.0 Å². The lowest BCUT2D eigenvalue weighted by atomic mass is 9.92. The van der Waals surface area contributed by atoms with Crippen LogP contribution < -0.4 is 15.2 Å². The number of aromatic nitrogens is 1. The summed E-state index contributed by atoms with van der Waals surface area (Å²) in [5, 5.41) is 0. The van der Waals surface area contributed by atoms with E-state index in [0.29, 0.717) is 41.0 Å². The molecule has 0 saturated heterocycles. The van der Waals surface area contributed by atoms with Crippen molar-refractivity contribution in [3.63, 3.8) is 0 Å². The first-order valence-electron chi connectivity index (χ1n) is 9.90. The molecule has 1 aliphatic heterocycles. The van der Waals surface area contributed by atoms with Crippen molar-refractivity contribution >= 4 is 15.5 Å². The second-order valence-electron chi connectivity index (χ2n) is 7.82. The zero-order valence-corrected chi connectivity index (χ0v) is 18.7. The number of benzene rings is 2. The zero-order chi connectivity index (χ0) is 23.2. The van der Waals surface area contributed by atoms with E-state index in [1.54, 1.807) is 24.2 Å². The summed E-state index contributed by atoms with van der Waals surface area (Å²) in [6.45, 7) is 0.588. The van der Waals surface area contributed by atoms with Crippen LogP contribution in [0.1, 0.15) is 11.1 Å². The Morgan fingerprint density at radius 3 is 2.44 bits per heavy atom. The van der Waals surface area contributed by atoms with Crippen molar-refractivity contribution < 1.29 is 21.9 Å². The van der Waals surface area contributed by atoms with Crippen LogP contribution in [0.4, 0.5) is 14.5 Å². The minimum Gasteiger partial charge on any atom is -0.496 e. The van der Waals surface area contributed by atoms with Crippen molar-refractivity contribution in [3.8, 4) is 16.9 Å². The average molecular weight is 461 g/mol. The maximum Gasteiger partial charge on any atom is 0.253 e. The summed E-state index contributed by atoms with van der Waals surface area (Å²) in [7, 11) is -0.371. The molecule has 168 valence electrons. The Morgan fingerprint density at radius 2 is 1.78 bits per heavy atom. The normalized spacial score (nSPS) is 13.7. The predicted molar refractivity (Wildman–Crippen MR) is 118 cm³/mol. The number of rotatable bonds is 4. The van der Waals surface area contributed by atoms with Crippen LogP contribution in [0.2, 0.25) is 0 Å². The van der Waals surface area contributed by atoms with E-state index >= 15 is 0 Å². The zero-order valence-electron chi connectivity index (χ0n) is 17.9. The van der Waals surface area contributed by atoms with E-state index in [1.165, 1.54) is 35.9 Å². The highest BCUT2D eigenvalue weighted by Gasteiger charge is 2.26. The van der Waals surface area contributed by atoms with Crippen molar-refractivity contribution in [2.45, 2.75) is 17.9 Å². The topological polar surface area (TPSA) is 68.6 Å². The van der Waals surface area contributed by atoms with E-state index < -0.39 is 21.5 Å². The highest BCUT2D eigenvalue weighted by atomic mass is 32.2. The predicted octanol–water partition coefficient (Wildman–Crippen LogP) is 3.31. The van der Waals surface area contributed by atoms with Gasteiger partial charge in [-0.15, -0.1) is 0 Å². The average Bonchev–Trinajstić information content (AvgIpc) is 2.75. The van der Waals surface area contributed by atoms with Gasteiger partial charge in [0, 0.05) is 55.3 Å². The fourth-order valence-electron chi connectivity index (χ4n) is 4.09. The Balaban J connectivity index is 1.92. The van der Waals surface area contributed by atoms with Gasteiger partial charge in [0.15, 0.2) is 9.84 Å². The van der Waals surface area contributed by atoms with Crippen LogP contribution in [-0.4, -0.2) is 32.9 Å². The van der Waals surface area contributed by atoms with Gasteiger partial charge in [-0.1, -0.05) is 0 Å². The standard InChI is InChI=1S/C23H22F2N2O4S/c1-26-12-18(17-11-15(32(3,29)30)5-7-22(17)31-2)19-13-27(9-8-16(19)23(26)28)21-6-4-14(24)10-20(21)25/h4-7,10-12H,8-9,13H2,1-3H3. The minimum absolute atomic E-state index is 0.119. The highest BCUT2D eigenvalue weighted by Crippen LogP contribution is 2.37. The van der Waals surface area contributed by atoms with Gasteiger partial charge in [0.25, 0.3) is 5.56 Å². The van der Waals surface area contributed by atoms with Crippen molar-refractivity contribution in [2.24, 2.45) is 7.05 Å². The molecule has 0 saturated carbocycles. The molecule has 0 bridgehead atoms. The number of nitrogens with zero attached hydrogens (tertiary/aromatic N) is 2. The number of anilines is 1. The van der Waals surface area contributed by atoms with Crippen LogP contribution in [0.5, 0.6) is 5.75 Å². The largest absolute Gasteiger partial charge is 0.496 e. The molecule has 1 aromatic heterocycles. The van der Waals surface area contributed by atoms with Gasteiger partial charge < -0.3 is 14.2 Å². The molecule has 9 heteroatoms. The molecule has 0 aliphatic carbocycles. The lowest BCUT2D eigenvalue weighted by Gasteiger charge is -2.32. The number of hydrogen-bond donors (Lipinski definition) is 0. The van der Waals surface area contributed by atoms with Crippen molar-refractivity contribution in [1.82, 2.24) is 4.57 Å². The Morgan fingerprint density at radius 1 is 1.03 bits per heavy atom. The van der Waals surface area contributed by atoms with Crippen LogP contribution >= 0.6 is 0 Å². The Hall–Kier alpha value is -3.20. The molecular formula is C23H22F2N2O4S. The second kappa shape index (κ2) is 8.05. The summed E-state index contributed by atoms with van der Waals surface area (Å²) in [4.78, 5) is 14.7. The lowest BCUT2D eigenvalue weighted by Crippen LogP contribution is -2.36. The fourth-order valence-corrected chi connectivity index (χ4v) is 4.74. The van der Waals surface area contributed by atoms with Crippen LogP contribution in [0.3, 0.4) is 0 Å². The molecule has 0 N–H and O–H groups in total. The molecule has 3 aromatic rings. The third kappa shape index (κ3) is 3.88. The number of pyridine rings is 1. The van der Waals surface area contributed by atoms with Gasteiger partial charge in [0.1, 0.15) is 17.4 Å². The molecule has 0 unspecified atom stereocenters. The van der Waals surface area contributed by atoms with Crippen LogP contribution in [0.25, 0.3) is 11.1 Å². The van der Waals surface area contributed by atoms with Gasteiger partial charge in [-0.05, 0) is 42.3 Å². The molecule has 6 nitrogen and oxygen atoms in total. The molecule has 2 heterocycles. The number of ether oxygens (including phenoxy) is 1. The van der Waals surface area contributed by atoms with Crippen molar-refractivity contribution in [3.05, 3.63) is 75.7 Å². The molecular weight excluding hydrogens is 438 g/mol. The van der Waals surface area contributed by atoms with Gasteiger partial charge >= 0.3 is 0 Å². The molecule has 0 spiro atoms. The Labute approximate surface area is 184 Å². The van der Waals surface area contributed by atoms with Gasteiger partial charge in [0.05, 0.1) is 17.7 Å². The molecule has 0 atom stereocenters. The highest BCUT2D eigenvalue weighted by molar-refractivity contribution is 7.90.